The molecule has 0 aliphatic carbocycles. The van der Waals surface area contributed by atoms with Crippen molar-refractivity contribution in [2.24, 2.45) is 0 Å². The van der Waals surface area contributed by atoms with E-state index in [0.717, 1.165) is 32.3 Å². The minimum atomic E-state index is -0.267. The van der Waals surface area contributed by atoms with Crippen molar-refractivity contribution in [2.75, 3.05) is 13.7 Å². The van der Waals surface area contributed by atoms with Crippen LogP contribution in [0.5, 0.6) is 5.75 Å². The molecule has 0 aromatic heterocycles. The molecule has 0 radical (unpaired) electrons. The predicted molar refractivity (Wildman–Crippen MR) is 82.1 cm³/mol. The third-order valence-electron chi connectivity index (χ3n) is 4.63. The van der Waals surface area contributed by atoms with Crippen molar-refractivity contribution in [3.63, 3.8) is 0 Å². The lowest BCUT2D eigenvalue weighted by Crippen LogP contribution is -2.46. The molecule has 4 heteroatoms. The van der Waals surface area contributed by atoms with Crippen LogP contribution in [0.2, 0.25) is 0 Å². The van der Waals surface area contributed by atoms with Crippen molar-refractivity contribution in [3.8, 4) is 5.75 Å². The standard InChI is InChI=1S/C17H26FNO2/c1-4-17(5-2)11-14(9-10-21-17)19-12-13-7-6-8-15(20-3)16(13)18/h6-8,14,19H,4-5,9-12H2,1-3H3. The van der Waals surface area contributed by atoms with Crippen LogP contribution in [0.15, 0.2) is 18.2 Å². The summed E-state index contributed by atoms with van der Waals surface area (Å²) in [6.07, 6.45) is 4.02. The molecule has 0 amide bonds. The molecule has 3 nitrogen and oxygen atoms in total. The zero-order valence-electron chi connectivity index (χ0n) is 13.2. The van der Waals surface area contributed by atoms with E-state index in [-0.39, 0.29) is 11.4 Å². The van der Waals surface area contributed by atoms with Gasteiger partial charge in [-0.25, -0.2) is 4.39 Å². The fourth-order valence-corrected chi connectivity index (χ4v) is 3.05. The number of ether oxygens (including phenoxy) is 2. The molecule has 1 N–H and O–H groups in total. The molecule has 1 atom stereocenters. The van der Waals surface area contributed by atoms with Gasteiger partial charge in [-0.15, -0.1) is 0 Å². The van der Waals surface area contributed by atoms with Crippen LogP contribution in [0.4, 0.5) is 4.39 Å². The summed E-state index contributed by atoms with van der Waals surface area (Å²) < 4.78 is 25.1. The predicted octanol–water partition coefficient (Wildman–Crippen LogP) is 3.66. The Hall–Kier alpha value is -1.13. The van der Waals surface area contributed by atoms with Gasteiger partial charge in [-0.05, 0) is 31.7 Å². The van der Waals surface area contributed by atoms with Crippen LogP contribution in [0, 0.1) is 5.82 Å². The van der Waals surface area contributed by atoms with E-state index in [9.17, 15) is 4.39 Å². The van der Waals surface area contributed by atoms with E-state index < -0.39 is 0 Å². The Morgan fingerprint density at radius 2 is 2.14 bits per heavy atom. The van der Waals surface area contributed by atoms with Crippen molar-refractivity contribution < 1.29 is 13.9 Å². The highest BCUT2D eigenvalue weighted by Gasteiger charge is 2.34. The summed E-state index contributed by atoms with van der Waals surface area (Å²) in [6, 6.07) is 5.65. The molecule has 1 aliphatic heterocycles. The number of nitrogens with one attached hydrogen (secondary N) is 1. The molecule has 1 aliphatic rings. The van der Waals surface area contributed by atoms with Crippen LogP contribution < -0.4 is 10.1 Å². The molecule has 0 saturated carbocycles. The minimum Gasteiger partial charge on any atom is -0.494 e. The zero-order chi connectivity index (χ0) is 15.3. The lowest BCUT2D eigenvalue weighted by Gasteiger charge is -2.40. The van der Waals surface area contributed by atoms with E-state index >= 15 is 0 Å². The SMILES string of the molecule is CCC1(CC)CC(NCc2cccc(OC)c2F)CCO1. The van der Waals surface area contributed by atoms with Gasteiger partial charge in [0.25, 0.3) is 0 Å². The fourth-order valence-electron chi connectivity index (χ4n) is 3.05. The monoisotopic (exact) mass is 295 g/mol. The summed E-state index contributed by atoms with van der Waals surface area (Å²) in [5.41, 5.74) is 0.641. The normalized spacial score (nSPS) is 21.2. The van der Waals surface area contributed by atoms with E-state index in [4.69, 9.17) is 9.47 Å². The highest BCUT2D eigenvalue weighted by molar-refractivity contribution is 5.30. The maximum atomic E-state index is 14.1. The van der Waals surface area contributed by atoms with Crippen LogP contribution in [0.25, 0.3) is 0 Å². The van der Waals surface area contributed by atoms with Crippen LogP contribution in [-0.2, 0) is 11.3 Å². The number of methoxy groups -OCH3 is 1. The maximum absolute atomic E-state index is 14.1. The van der Waals surface area contributed by atoms with Gasteiger partial charge in [0.2, 0.25) is 0 Å². The van der Waals surface area contributed by atoms with Gasteiger partial charge in [-0.1, -0.05) is 26.0 Å². The summed E-state index contributed by atoms with van der Waals surface area (Å²) in [4.78, 5) is 0. The molecule has 1 unspecified atom stereocenters. The molecule has 1 heterocycles. The van der Waals surface area contributed by atoms with Crippen molar-refractivity contribution >= 4 is 0 Å². The Morgan fingerprint density at radius 3 is 2.81 bits per heavy atom. The maximum Gasteiger partial charge on any atom is 0.169 e. The number of hydrogen-bond acceptors (Lipinski definition) is 3. The first-order valence-electron chi connectivity index (χ1n) is 7.83. The second-order valence-electron chi connectivity index (χ2n) is 5.74. The van der Waals surface area contributed by atoms with Crippen LogP contribution in [0.1, 0.15) is 45.1 Å². The Kier molecular flexibility index (Phi) is 5.59. The number of benzene rings is 1. The largest absolute Gasteiger partial charge is 0.494 e. The van der Waals surface area contributed by atoms with E-state index in [2.05, 4.69) is 19.2 Å². The number of rotatable bonds is 6. The molecule has 1 saturated heterocycles. The molecule has 1 aromatic carbocycles. The van der Waals surface area contributed by atoms with Crippen LogP contribution in [0.3, 0.4) is 0 Å². The molecule has 0 bridgehead atoms. The summed E-state index contributed by atoms with van der Waals surface area (Å²) in [5.74, 6) is 0.0366. The number of hydrogen-bond donors (Lipinski definition) is 1. The quantitative estimate of drug-likeness (QED) is 0.868. The smallest absolute Gasteiger partial charge is 0.169 e. The fraction of sp³-hybridized carbons (Fsp3) is 0.647. The first-order valence-corrected chi connectivity index (χ1v) is 7.83. The Morgan fingerprint density at radius 1 is 1.38 bits per heavy atom. The van der Waals surface area contributed by atoms with Gasteiger partial charge in [0.15, 0.2) is 11.6 Å². The molecule has 21 heavy (non-hydrogen) atoms. The van der Waals surface area contributed by atoms with Gasteiger partial charge in [0, 0.05) is 24.8 Å². The van der Waals surface area contributed by atoms with Crippen molar-refractivity contribution in [2.45, 2.75) is 57.7 Å². The van der Waals surface area contributed by atoms with Gasteiger partial charge >= 0.3 is 0 Å². The molecular weight excluding hydrogens is 269 g/mol. The molecule has 2 rings (SSSR count). The van der Waals surface area contributed by atoms with E-state index in [1.807, 2.05) is 6.07 Å². The summed E-state index contributed by atoms with van der Waals surface area (Å²) in [5, 5.41) is 3.48. The van der Waals surface area contributed by atoms with Gasteiger partial charge in [0.1, 0.15) is 0 Å². The van der Waals surface area contributed by atoms with Crippen molar-refractivity contribution in [1.82, 2.24) is 5.32 Å². The third kappa shape index (κ3) is 3.74. The molecule has 1 fully saturated rings. The molecule has 0 spiro atoms. The average Bonchev–Trinajstić information content (AvgIpc) is 2.54. The Balaban J connectivity index is 1.97. The van der Waals surface area contributed by atoms with E-state index in [1.165, 1.54) is 7.11 Å². The summed E-state index contributed by atoms with van der Waals surface area (Å²) in [6.45, 7) is 5.65. The Bertz CT molecular complexity index is 460. The summed E-state index contributed by atoms with van der Waals surface area (Å²) in [7, 11) is 1.49. The van der Waals surface area contributed by atoms with Gasteiger partial charge in [-0.3, -0.25) is 0 Å². The van der Waals surface area contributed by atoms with Crippen molar-refractivity contribution in [3.05, 3.63) is 29.6 Å². The summed E-state index contributed by atoms with van der Waals surface area (Å²) >= 11 is 0. The van der Waals surface area contributed by atoms with Gasteiger partial charge < -0.3 is 14.8 Å². The van der Waals surface area contributed by atoms with E-state index in [1.54, 1.807) is 12.1 Å². The highest BCUT2D eigenvalue weighted by Crippen LogP contribution is 2.31. The zero-order valence-corrected chi connectivity index (χ0v) is 13.2. The second-order valence-corrected chi connectivity index (χ2v) is 5.74. The minimum absolute atomic E-state index is 0.0111. The lowest BCUT2D eigenvalue weighted by atomic mass is 9.86. The number of halogens is 1. The molecular formula is C17H26FNO2. The lowest BCUT2D eigenvalue weighted by molar-refractivity contribution is -0.0932. The van der Waals surface area contributed by atoms with Crippen LogP contribution in [-0.4, -0.2) is 25.4 Å². The third-order valence-corrected chi connectivity index (χ3v) is 4.63. The first-order chi connectivity index (χ1) is 10.1. The highest BCUT2D eigenvalue weighted by atomic mass is 19.1. The average molecular weight is 295 g/mol. The topological polar surface area (TPSA) is 30.5 Å². The molecule has 1 aromatic rings. The van der Waals surface area contributed by atoms with E-state index in [0.29, 0.717) is 23.9 Å². The van der Waals surface area contributed by atoms with Gasteiger partial charge in [-0.2, -0.15) is 0 Å². The van der Waals surface area contributed by atoms with Gasteiger partial charge in [0.05, 0.1) is 12.7 Å². The second kappa shape index (κ2) is 7.23. The molecule has 118 valence electrons. The Labute approximate surface area is 126 Å². The first kappa shape index (κ1) is 16.2. The van der Waals surface area contributed by atoms with Crippen molar-refractivity contribution in [1.29, 1.82) is 0 Å². The van der Waals surface area contributed by atoms with Crippen LogP contribution >= 0.6 is 0 Å².